The summed E-state index contributed by atoms with van der Waals surface area (Å²) in [7, 11) is -3.83. The maximum atomic E-state index is 12.7. The molecule has 4 nitrogen and oxygen atoms in total. The Balaban J connectivity index is 2.47. The van der Waals surface area contributed by atoms with Crippen molar-refractivity contribution >= 4 is 10.0 Å². The molecule has 2 rings (SSSR count). The molecule has 0 bridgehead atoms. The molecule has 0 aromatic heterocycles. The first-order valence-electron chi connectivity index (χ1n) is 7.46. The molecule has 0 fully saturated rings. The number of aliphatic hydroxyl groups is 1. The van der Waals surface area contributed by atoms with Gasteiger partial charge in [-0.15, -0.1) is 0 Å². The molecule has 0 amide bonds. The lowest BCUT2D eigenvalue weighted by atomic mass is 9.89. The normalized spacial score (nSPS) is 13.2. The Morgan fingerprint density at radius 3 is 2.08 bits per heavy atom. The minimum Gasteiger partial charge on any atom is -0.380 e. The van der Waals surface area contributed by atoms with Crippen molar-refractivity contribution in [1.29, 1.82) is 0 Å². The van der Waals surface area contributed by atoms with Gasteiger partial charge in [0.1, 0.15) is 5.60 Å². The number of hydrogen-bond acceptors (Lipinski definition) is 3. The standard InChI is InChI=1S/C19H21NO3S/c1-4-19(21,5-2)18(16-9-7-6-8-10-16)20-24(22,23)17-13-11-15(3)12-14-17/h4-14,18,20-21H,1-2H2,3H3/t18-/m0/s1. The van der Waals surface area contributed by atoms with Gasteiger partial charge in [-0.2, -0.15) is 0 Å². The first kappa shape index (κ1) is 18.1. The predicted molar refractivity (Wildman–Crippen MR) is 96.0 cm³/mol. The molecule has 0 aliphatic heterocycles. The number of rotatable bonds is 7. The van der Waals surface area contributed by atoms with Crippen LogP contribution < -0.4 is 4.72 Å². The summed E-state index contributed by atoms with van der Waals surface area (Å²) in [5, 5.41) is 10.7. The van der Waals surface area contributed by atoms with Crippen molar-refractivity contribution in [3.63, 3.8) is 0 Å². The summed E-state index contributed by atoms with van der Waals surface area (Å²) >= 11 is 0. The highest BCUT2D eigenvalue weighted by Crippen LogP contribution is 2.30. The molecule has 1 atom stereocenters. The largest absolute Gasteiger partial charge is 0.380 e. The van der Waals surface area contributed by atoms with Gasteiger partial charge in [0, 0.05) is 0 Å². The highest BCUT2D eigenvalue weighted by Gasteiger charge is 2.35. The average Bonchev–Trinajstić information content (AvgIpc) is 2.60. The van der Waals surface area contributed by atoms with Crippen LogP contribution in [0.1, 0.15) is 17.2 Å². The Bertz CT molecular complexity index is 803. The van der Waals surface area contributed by atoms with Gasteiger partial charge in [-0.05, 0) is 24.6 Å². The Kier molecular flexibility index (Phi) is 5.39. The van der Waals surface area contributed by atoms with E-state index in [9.17, 15) is 13.5 Å². The van der Waals surface area contributed by atoms with Crippen molar-refractivity contribution in [3.05, 3.63) is 91.0 Å². The molecule has 24 heavy (non-hydrogen) atoms. The summed E-state index contributed by atoms with van der Waals surface area (Å²) in [5.41, 5.74) is -0.0585. The molecule has 126 valence electrons. The fourth-order valence-electron chi connectivity index (χ4n) is 2.33. The molecule has 0 unspecified atom stereocenters. The number of benzene rings is 2. The fourth-order valence-corrected chi connectivity index (χ4v) is 3.60. The van der Waals surface area contributed by atoms with Crippen molar-refractivity contribution in [2.24, 2.45) is 0 Å². The zero-order valence-electron chi connectivity index (χ0n) is 13.5. The van der Waals surface area contributed by atoms with Crippen molar-refractivity contribution in [2.75, 3.05) is 0 Å². The van der Waals surface area contributed by atoms with Crippen molar-refractivity contribution in [1.82, 2.24) is 4.72 Å². The van der Waals surface area contributed by atoms with E-state index in [0.717, 1.165) is 5.56 Å². The van der Waals surface area contributed by atoms with Gasteiger partial charge < -0.3 is 5.11 Å². The quantitative estimate of drug-likeness (QED) is 0.759. The van der Waals surface area contributed by atoms with Gasteiger partial charge >= 0.3 is 0 Å². The predicted octanol–water partition coefficient (Wildman–Crippen LogP) is 3.12. The van der Waals surface area contributed by atoms with Crippen LogP contribution in [0.5, 0.6) is 0 Å². The molecule has 2 N–H and O–H groups in total. The van der Waals surface area contributed by atoms with E-state index >= 15 is 0 Å². The van der Waals surface area contributed by atoms with Gasteiger partial charge in [-0.1, -0.05) is 73.3 Å². The smallest absolute Gasteiger partial charge is 0.241 e. The van der Waals surface area contributed by atoms with Crippen LogP contribution in [0.4, 0.5) is 0 Å². The Labute approximate surface area is 143 Å². The molecular weight excluding hydrogens is 322 g/mol. The molecule has 0 heterocycles. The molecule has 0 saturated carbocycles. The maximum absolute atomic E-state index is 12.7. The Morgan fingerprint density at radius 2 is 1.58 bits per heavy atom. The van der Waals surface area contributed by atoms with Crippen LogP contribution in [-0.2, 0) is 10.0 Å². The van der Waals surface area contributed by atoms with Crippen molar-refractivity contribution < 1.29 is 13.5 Å². The minimum atomic E-state index is -3.83. The van der Waals surface area contributed by atoms with E-state index in [0.29, 0.717) is 5.56 Å². The second-order valence-electron chi connectivity index (χ2n) is 5.57. The molecule has 0 radical (unpaired) electrons. The first-order valence-corrected chi connectivity index (χ1v) is 8.94. The molecule has 2 aromatic rings. The van der Waals surface area contributed by atoms with Crippen LogP contribution in [-0.4, -0.2) is 19.1 Å². The van der Waals surface area contributed by atoms with Crippen molar-refractivity contribution in [2.45, 2.75) is 23.5 Å². The summed E-state index contributed by atoms with van der Waals surface area (Å²) in [5.74, 6) is 0. The van der Waals surface area contributed by atoms with Gasteiger partial charge in [0.05, 0.1) is 10.9 Å². The van der Waals surface area contributed by atoms with Gasteiger partial charge in [-0.25, -0.2) is 13.1 Å². The molecule has 0 spiro atoms. The van der Waals surface area contributed by atoms with Crippen LogP contribution in [0.2, 0.25) is 0 Å². The second kappa shape index (κ2) is 7.13. The average molecular weight is 343 g/mol. The third-order valence-corrected chi connectivity index (χ3v) is 5.29. The number of aryl methyl sites for hydroxylation is 1. The van der Waals surface area contributed by atoms with E-state index < -0.39 is 21.7 Å². The highest BCUT2D eigenvalue weighted by atomic mass is 32.2. The third-order valence-electron chi connectivity index (χ3n) is 3.85. The summed E-state index contributed by atoms with van der Waals surface area (Å²) in [6.07, 6.45) is 2.55. The van der Waals surface area contributed by atoms with Gasteiger partial charge in [-0.3, -0.25) is 0 Å². The van der Waals surface area contributed by atoms with Gasteiger partial charge in [0.15, 0.2) is 0 Å². The van der Waals surface area contributed by atoms with Crippen LogP contribution in [0.25, 0.3) is 0 Å². The van der Waals surface area contributed by atoms with Crippen LogP contribution in [0, 0.1) is 6.92 Å². The molecule has 0 saturated heterocycles. The third kappa shape index (κ3) is 3.82. The van der Waals surface area contributed by atoms with E-state index in [1.54, 1.807) is 36.4 Å². The summed E-state index contributed by atoms with van der Waals surface area (Å²) in [6, 6.07) is 14.4. The highest BCUT2D eigenvalue weighted by molar-refractivity contribution is 7.89. The molecular formula is C19H21NO3S. The van der Waals surface area contributed by atoms with E-state index in [2.05, 4.69) is 17.9 Å². The van der Waals surface area contributed by atoms with E-state index in [1.807, 2.05) is 13.0 Å². The lowest BCUT2D eigenvalue weighted by molar-refractivity contribution is 0.106. The molecule has 0 aliphatic carbocycles. The first-order chi connectivity index (χ1) is 11.3. The number of hydrogen-bond donors (Lipinski definition) is 2. The molecule has 2 aromatic carbocycles. The number of nitrogens with one attached hydrogen (secondary N) is 1. The monoisotopic (exact) mass is 343 g/mol. The zero-order valence-corrected chi connectivity index (χ0v) is 14.3. The van der Waals surface area contributed by atoms with Gasteiger partial charge in [0.25, 0.3) is 0 Å². The lowest BCUT2D eigenvalue weighted by Crippen LogP contribution is -2.43. The molecule has 0 aliphatic rings. The zero-order chi connectivity index (χ0) is 17.8. The van der Waals surface area contributed by atoms with Crippen LogP contribution >= 0.6 is 0 Å². The Morgan fingerprint density at radius 1 is 1.04 bits per heavy atom. The maximum Gasteiger partial charge on any atom is 0.241 e. The minimum absolute atomic E-state index is 0.129. The van der Waals surface area contributed by atoms with Crippen LogP contribution in [0.3, 0.4) is 0 Å². The van der Waals surface area contributed by atoms with E-state index in [-0.39, 0.29) is 4.90 Å². The summed E-state index contributed by atoms with van der Waals surface area (Å²) in [6.45, 7) is 9.10. The second-order valence-corrected chi connectivity index (χ2v) is 7.29. The molecule has 5 heteroatoms. The Hall–Kier alpha value is -2.21. The van der Waals surface area contributed by atoms with E-state index in [4.69, 9.17) is 0 Å². The fraction of sp³-hybridized carbons (Fsp3) is 0.158. The summed E-state index contributed by atoms with van der Waals surface area (Å²) in [4.78, 5) is 0.129. The van der Waals surface area contributed by atoms with E-state index in [1.165, 1.54) is 24.3 Å². The lowest BCUT2D eigenvalue weighted by Gasteiger charge is -2.31. The van der Waals surface area contributed by atoms with Crippen LogP contribution in [0.15, 0.2) is 84.8 Å². The SMILES string of the molecule is C=CC(O)(C=C)[C@@H](NS(=O)(=O)c1ccc(C)cc1)c1ccccc1. The van der Waals surface area contributed by atoms with Crippen molar-refractivity contribution in [3.8, 4) is 0 Å². The van der Waals surface area contributed by atoms with Gasteiger partial charge in [0.2, 0.25) is 10.0 Å². The summed E-state index contributed by atoms with van der Waals surface area (Å²) < 4.78 is 28.0. The number of sulfonamides is 1. The topological polar surface area (TPSA) is 66.4 Å².